The van der Waals surface area contributed by atoms with Crippen LogP contribution in [0.2, 0.25) is 0 Å². The van der Waals surface area contributed by atoms with Crippen molar-refractivity contribution in [2.75, 3.05) is 33.7 Å². The topological polar surface area (TPSA) is 56.7 Å². The number of nitrogens with zero attached hydrogens (tertiary/aromatic N) is 2. The first kappa shape index (κ1) is 26.5. The van der Waals surface area contributed by atoms with Gasteiger partial charge in [0.15, 0.2) is 5.96 Å². The number of aliphatic imine (C=N–C) groups is 1. The standard InChI is InChI=1S/C16H31F3N4O.HI/c1-6-7-8-9-15(2,3)11-22-14(20-4)21-10-13(24)23(5)12-16(17,18)19;/h6-12H2,1-5H3,(H2,20,21,22);1H. The summed E-state index contributed by atoms with van der Waals surface area (Å²) in [5, 5.41) is 5.88. The van der Waals surface area contributed by atoms with Gasteiger partial charge >= 0.3 is 6.18 Å². The van der Waals surface area contributed by atoms with Gasteiger partial charge in [0.2, 0.25) is 5.91 Å². The summed E-state index contributed by atoms with van der Waals surface area (Å²) in [4.78, 5) is 16.3. The predicted octanol–water partition coefficient (Wildman–Crippen LogP) is 3.40. The zero-order chi connectivity index (χ0) is 18.8. The summed E-state index contributed by atoms with van der Waals surface area (Å²) in [6.07, 6.45) is 0.180. The number of nitrogens with one attached hydrogen (secondary N) is 2. The van der Waals surface area contributed by atoms with Gasteiger partial charge in [0.1, 0.15) is 6.54 Å². The van der Waals surface area contributed by atoms with E-state index in [0.29, 0.717) is 17.4 Å². The Morgan fingerprint density at radius 2 is 1.76 bits per heavy atom. The molecule has 9 heteroatoms. The van der Waals surface area contributed by atoms with Crippen LogP contribution < -0.4 is 10.6 Å². The quantitative estimate of drug-likeness (QED) is 0.230. The minimum absolute atomic E-state index is 0. The zero-order valence-electron chi connectivity index (χ0n) is 15.8. The molecular weight excluding hydrogens is 448 g/mol. The number of rotatable bonds is 9. The highest BCUT2D eigenvalue weighted by atomic mass is 127. The van der Waals surface area contributed by atoms with Crippen LogP contribution in [0.5, 0.6) is 0 Å². The molecule has 1 amide bonds. The molecule has 0 aromatic heterocycles. The minimum Gasteiger partial charge on any atom is -0.356 e. The Morgan fingerprint density at radius 3 is 2.24 bits per heavy atom. The fraction of sp³-hybridized carbons (Fsp3) is 0.875. The van der Waals surface area contributed by atoms with Gasteiger partial charge in [-0.1, -0.05) is 40.0 Å². The van der Waals surface area contributed by atoms with Crippen LogP contribution in [0.1, 0.15) is 46.5 Å². The number of carbonyl (C=O) groups excluding carboxylic acids is 1. The molecule has 0 rings (SSSR count). The molecule has 0 aromatic rings. The maximum Gasteiger partial charge on any atom is 0.406 e. The number of hydrogen-bond donors (Lipinski definition) is 2. The largest absolute Gasteiger partial charge is 0.406 e. The molecular formula is C16H32F3IN4O. The van der Waals surface area contributed by atoms with Gasteiger partial charge in [0.05, 0.1) is 6.54 Å². The molecule has 0 atom stereocenters. The first-order valence-corrected chi connectivity index (χ1v) is 8.26. The Hall–Kier alpha value is -0.740. The van der Waals surface area contributed by atoms with E-state index in [1.54, 1.807) is 7.05 Å². The van der Waals surface area contributed by atoms with E-state index in [9.17, 15) is 18.0 Å². The molecule has 25 heavy (non-hydrogen) atoms. The van der Waals surface area contributed by atoms with Crippen molar-refractivity contribution in [2.45, 2.75) is 52.6 Å². The molecule has 150 valence electrons. The summed E-state index contributed by atoms with van der Waals surface area (Å²) in [6, 6.07) is 0. The van der Waals surface area contributed by atoms with Gasteiger partial charge < -0.3 is 15.5 Å². The van der Waals surface area contributed by atoms with Crippen molar-refractivity contribution in [2.24, 2.45) is 10.4 Å². The molecule has 0 spiro atoms. The molecule has 5 nitrogen and oxygen atoms in total. The van der Waals surface area contributed by atoms with Gasteiger partial charge in [0, 0.05) is 20.6 Å². The SMILES string of the molecule is CCCCCC(C)(C)CNC(=NC)NCC(=O)N(C)CC(F)(F)F.I. The first-order valence-electron chi connectivity index (χ1n) is 8.26. The second-order valence-electron chi connectivity index (χ2n) is 6.77. The summed E-state index contributed by atoms with van der Waals surface area (Å²) >= 11 is 0. The summed E-state index contributed by atoms with van der Waals surface area (Å²) in [7, 11) is 2.69. The summed E-state index contributed by atoms with van der Waals surface area (Å²) in [6.45, 7) is 5.62. The summed E-state index contributed by atoms with van der Waals surface area (Å²) in [5.41, 5.74) is 0.0733. The lowest BCUT2D eigenvalue weighted by molar-refractivity contribution is -0.157. The Balaban J connectivity index is 0. The normalized spacial score (nSPS) is 12.4. The molecule has 2 N–H and O–H groups in total. The molecule has 0 saturated heterocycles. The van der Waals surface area contributed by atoms with Crippen molar-refractivity contribution in [3.8, 4) is 0 Å². The number of guanidine groups is 1. The third kappa shape index (κ3) is 14.1. The van der Waals surface area contributed by atoms with E-state index in [2.05, 4.69) is 36.4 Å². The highest BCUT2D eigenvalue weighted by Crippen LogP contribution is 2.22. The Morgan fingerprint density at radius 1 is 1.16 bits per heavy atom. The van der Waals surface area contributed by atoms with Crippen molar-refractivity contribution in [3.05, 3.63) is 0 Å². The minimum atomic E-state index is -4.40. The van der Waals surface area contributed by atoms with Crippen LogP contribution in [0.15, 0.2) is 4.99 Å². The monoisotopic (exact) mass is 480 g/mol. The van der Waals surface area contributed by atoms with Crippen LogP contribution >= 0.6 is 24.0 Å². The maximum atomic E-state index is 12.3. The fourth-order valence-electron chi connectivity index (χ4n) is 2.14. The Kier molecular flexibility index (Phi) is 13.3. The Bertz CT molecular complexity index is 415. The first-order chi connectivity index (χ1) is 11.0. The van der Waals surface area contributed by atoms with Gasteiger partial charge in [-0.15, -0.1) is 24.0 Å². The Labute approximate surface area is 166 Å². The van der Waals surface area contributed by atoms with Gasteiger partial charge in [-0.25, -0.2) is 0 Å². The number of hydrogen-bond acceptors (Lipinski definition) is 2. The molecule has 0 aliphatic carbocycles. The molecule has 0 aliphatic heterocycles. The lowest BCUT2D eigenvalue weighted by atomic mass is 9.87. The van der Waals surface area contributed by atoms with Gasteiger partial charge in [-0.3, -0.25) is 9.79 Å². The number of carbonyl (C=O) groups is 1. The third-order valence-corrected chi connectivity index (χ3v) is 3.66. The van der Waals surface area contributed by atoms with E-state index in [0.717, 1.165) is 19.9 Å². The second kappa shape index (κ2) is 12.6. The van der Waals surface area contributed by atoms with Crippen molar-refractivity contribution < 1.29 is 18.0 Å². The van der Waals surface area contributed by atoms with Gasteiger partial charge in [0.25, 0.3) is 0 Å². The van der Waals surface area contributed by atoms with Gasteiger partial charge in [-0.05, 0) is 11.8 Å². The number of amides is 1. The fourth-order valence-corrected chi connectivity index (χ4v) is 2.14. The van der Waals surface area contributed by atoms with Crippen molar-refractivity contribution >= 4 is 35.8 Å². The second-order valence-corrected chi connectivity index (χ2v) is 6.77. The lowest BCUT2D eigenvalue weighted by Gasteiger charge is -2.26. The highest BCUT2D eigenvalue weighted by molar-refractivity contribution is 14.0. The van der Waals surface area contributed by atoms with E-state index in [-0.39, 0.29) is 35.9 Å². The number of alkyl halides is 3. The zero-order valence-corrected chi connectivity index (χ0v) is 18.1. The number of unbranched alkanes of at least 4 members (excludes halogenated alkanes) is 2. The van der Waals surface area contributed by atoms with Crippen LogP contribution in [0.4, 0.5) is 13.2 Å². The van der Waals surface area contributed by atoms with E-state index in [1.807, 2.05) is 0 Å². The molecule has 0 radical (unpaired) electrons. The average molecular weight is 480 g/mol. The maximum absolute atomic E-state index is 12.3. The molecule has 0 fully saturated rings. The van der Waals surface area contributed by atoms with Crippen LogP contribution in [0.25, 0.3) is 0 Å². The van der Waals surface area contributed by atoms with Crippen LogP contribution in [-0.2, 0) is 4.79 Å². The average Bonchev–Trinajstić information content (AvgIpc) is 2.45. The smallest absolute Gasteiger partial charge is 0.356 e. The number of halogens is 4. The molecule has 0 saturated carbocycles. The third-order valence-electron chi connectivity index (χ3n) is 3.66. The van der Waals surface area contributed by atoms with Crippen LogP contribution in [0.3, 0.4) is 0 Å². The lowest BCUT2D eigenvalue weighted by Crippen LogP contribution is -2.47. The van der Waals surface area contributed by atoms with E-state index in [4.69, 9.17) is 0 Å². The van der Waals surface area contributed by atoms with Gasteiger partial charge in [-0.2, -0.15) is 13.2 Å². The van der Waals surface area contributed by atoms with Crippen molar-refractivity contribution in [1.29, 1.82) is 0 Å². The van der Waals surface area contributed by atoms with Crippen molar-refractivity contribution in [3.63, 3.8) is 0 Å². The van der Waals surface area contributed by atoms with E-state index >= 15 is 0 Å². The van der Waals surface area contributed by atoms with Crippen LogP contribution in [-0.4, -0.2) is 56.7 Å². The molecule has 0 bridgehead atoms. The highest BCUT2D eigenvalue weighted by Gasteiger charge is 2.31. The molecule has 0 aromatic carbocycles. The molecule has 0 heterocycles. The van der Waals surface area contributed by atoms with E-state index in [1.165, 1.54) is 12.8 Å². The summed E-state index contributed by atoms with van der Waals surface area (Å²) < 4.78 is 36.8. The predicted molar refractivity (Wildman–Crippen MR) is 106 cm³/mol. The molecule has 0 aliphatic rings. The van der Waals surface area contributed by atoms with Crippen LogP contribution in [0, 0.1) is 5.41 Å². The number of likely N-dealkylation sites (N-methyl/N-ethyl adjacent to an activating group) is 1. The molecule has 0 unspecified atom stereocenters. The summed E-state index contributed by atoms with van der Waals surface area (Å²) in [5.74, 6) is -0.232. The van der Waals surface area contributed by atoms with E-state index < -0.39 is 18.6 Å². The van der Waals surface area contributed by atoms with Crippen molar-refractivity contribution in [1.82, 2.24) is 15.5 Å².